The van der Waals surface area contributed by atoms with Crippen LogP contribution < -0.4 is 20.5 Å². The number of amides is 2. The standard InChI is InChI=1S/C27H34F2N4O4/c1-6-7-12-37-24-22-26(36)31(4)27(11-10-16(2)17(27)3)32(5)33(22)15-20(23(24)34)25(35)30-14-18-8-9-19(28)13-21(18)29/h8-9,13,15-17H,6-7,10-12,14H2,1-5H3,(H,30,35)/t16-,17-,27-/m0/s1. The van der Waals surface area contributed by atoms with Crippen LogP contribution in [0.5, 0.6) is 5.75 Å². The van der Waals surface area contributed by atoms with Crippen LogP contribution in [0.1, 0.15) is 72.9 Å². The molecule has 1 aliphatic heterocycles. The molecule has 2 amide bonds. The Morgan fingerprint density at radius 2 is 1.95 bits per heavy atom. The van der Waals surface area contributed by atoms with Crippen molar-refractivity contribution in [1.29, 1.82) is 0 Å². The molecule has 1 fully saturated rings. The van der Waals surface area contributed by atoms with Crippen LogP contribution in [0, 0.1) is 23.5 Å². The van der Waals surface area contributed by atoms with Gasteiger partial charge in [0.05, 0.1) is 6.61 Å². The van der Waals surface area contributed by atoms with E-state index in [1.165, 1.54) is 12.3 Å². The number of nitrogens with one attached hydrogen (secondary N) is 1. The Morgan fingerprint density at radius 3 is 2.57 bits per heavy atom. The van der Waals surface area contributed by atoms with Crippen molar-refractivity contribution in [2.75, 3.05) is 25.7 Å². The molecule has 0 saturated heterocycles. The van der Waals surface area contributed by atoms with Gasteiger partial charge in [0, 0.05) is 44.4 Å². The highest BCUT2D eigenvalue weighted by molar-refractivity contribution is 5.99. The van der Waals surface area contributed by atoms with Crippen LogP contribution >= 0.6 is 0 Å². The lowest BCUT2D eigenvalue weighted by molar-refractivity contribution is 0.0227. The maximum Gasteiger partial charge on any atom is 0.278 e. The summed E-state index contributed by atoms with van der Waals surface area (Å²) in [6.07, 6.45) is 4.51. The predicted molar refractivity (Wildman–Crippen MR) is 135 cm³/mol. The highest BCUT2D eigenvalue weighted by Gasteiger charge is 2.56. The molecule has 1 saturated carbocycles. The zero-order chi connectivity index (χ0) is 27.1. The molecule has 3 atom stereocenters. The second-order valence-corrected chi connectivity index (χ2v) is 10.1. The number of carbonyl (C=O) groups excluding carboxylic acids is 2. The second kappa shape index (κ2) is 10.1. The Labute approximate surface area is 215 Å². The molecule has 8 nitrogen and oxygen atoms in total. The molecular weight excluding hydrogens is 482 g/mol. The van der Waals surface area contributed by atoms with Crippen molar-refractivity contribution in [2.45, 2.75) is 58.7 Å². The third-order valence-electron chi connectivity index (χ3n) is 8.11. The molecule has 200 valence electrons. The van der Waals surface area contributed by atoms with Gasteiger partial charge in [-0.2, -0.15) is 0 Å². The summed E-state index contributed by atoms with van der Waals surface area (Å²) in [5.41, 5.74) is -1.42. The van der Waals surface area contributed by atoms with E-state index in [9.17, 15) is 23.2 Å². The lowest BCUT2D eigenvalue weighted by Gasteiger charge is -2.54. The van der Waals surface area contributed by atoms with Crippen LogP contribution in [0.3, 0.4) is 0 Å². The van der Waals surface area contributed by atoms with Gasteiger partial charge >= 0.3 is 0 Å². The van der Waals surface area contributed by atoms with E-state index in [1.807, 2.05) is 19.0 Å². The number of rotatable bonds is 7. The van der Waals surface area contributed by atoms with Crippen LogP contribution in [-0.4, -0.2) is 47.8 Å². The third-order valence-corrected chi connectivity index (χ3v) is 8.11. The Balaban J connectivity index is 1.78. The lowest BCUT2D eigenvalue weighted by atomic mass is 9.89. The Bertz CT molecular complexity index is 1280. The minimum Gasteiger partial charge on any atom is -0.487 e. The molecule has 1 N–H and O–H groups in total. The molecule has 37 heavy (non-hydrogen) atoms. The lowest BCUT2D eigenvalue weighted by Crippen LogP contribution is -2.69. The van der Waals surface area contributed by atoms with E-state index >= 15 is 0 Å². The van der Waals surface area contributed by atoms with E-state index in [2.05, 4.69) is 19.2 Å². The molecule has 1 aliphatic carbocycles. The van der Waals surface area contributed by atoms with Crippen molar-refractivity contribution < 1.29 is 23.1 Å². The average Bonchev–Trinajstić information content (AvgIpc) is 3.16. The van der Waals surface area contributed by atoms with Crippen LogP contribution in [0.15, 0.2) is 29.2 Å². The van der Waals surface area contributed by atoms with Gasteiger partial charge in [0.2, 0.25) is 5.43 Å². The monoisotopic (exact) mass is 516 g/mol. The zero-order valence-corrected chi connectivity index (χ0v) is 21.9. The van der Waals surface area contributed by atoms with Crippen molar-refractivity contribution in [3.8, 4) is 5.75 Å². The van der Waals surface area contributed by atoms with Crippen molar-refractivity contribution in [3.05, 3.63) is 63.1 Å². The maximum absolute atomic E-state index is 14.1. The third kappa shape index (κ3) is 4.36. The number of unbranched alkanes of at least 4 members (excludes halogenated alkanes) is 1. The van der Waals surface area contributed by atoms with Gasteiger partial charge in [-0.1, -0.05) is 33.3 Å². The van der Waals surface area contributed by atoms with E-state index in [-0.39, 0.29) is 47.5 Å². The first kappa shape index (κ1) is 26.6. The molecule has 2 heterocycles. The van der Waals surface area contributed by atoms with E-state index in [4.69, 9.17) is 4.74 Å². The van der Waals surface area contributed by atoms with Crippen molar-refractivity contribution >= 4 is 11.8 Å². The van der Waals surface area contributed by atoms with E-state index in [0.717, 1.165) is 31.4 Å². The number of aromatic nitrogens is 1. The average molecular weight is 517 g/mol. The van der Waals surface area contributed by atoms with Crippen LogP contribution in [0.4, 0.5) is 8.78 Å². The Kier molecular flexibility index (Phi) is 7.30. The molecule has 10 heteroatoms. The largest absolute Gasteiger partial charge is 0.487 e. The van der Waals surface area contributed by atoms with Crippen LogP contribution in [0.25, 0.3) is 0 Å². The molecule has 0 unspecified atom stereocenters. The molecule has 4 rings (SSSR count). The summed E-state index contributed by atoms with van der Waals surface area (Å²) in [7, 11) is 3.59. The van der Waals surface area contributed by atoms with Crippen LogP contribution in [-0.2, 0) is 6.54 Å². The molecule has 2 aliphatic rings. The van der Waals surface area contributed by atoms with Crippen molar-refractivity contribution in [3.63, 3.8) is 0 Å². The fourth-order valence-electron chi connectivity index (χ4n) is 5.60. The zero-order valence-electron chi connectivity index (χ0n) is 21.9. The number of halogens is 2. The molecule has 0 bridgehead atoms. The first-order chi connectivity index (χ1) is 17.5. The van der Waals surface area contributed by atoms with Crippen LogP contribution in [0.2, 0.25) is 0 Å². The van der Waals surface area contributed by atoms with Crippen molar-refractivity contribution in [2.24, 2.45) is 11.8 Å². The smallest absolute Gasteiger partial charge is 0.278 e. The summed E-state index contributed by atoms with van der Waals surface area (Å²) in [6, 6.07) is 3.06. The summed E-state index contributed by atoms with van der Waals surface area (Å²) < 4.78 is 34.7. The number of pyridine rings is 1. The Morgan fingerprint density at radius 1 is 1.22 bits per heavy atom. The number of hydrogen-bond donors (Lipinski definition) is 1. The highest BCUT2D eigenvalue weighted by atomic mass is 19.1. The summed E-state index contributed by atoms with van der Waals surface area (Å²) >= 11 is 0. The fraction of sp³-hybridized carbons (Fsp3) is 0.519. The minimum atomic E-state index is -0.800. The molecule has 1 aromatic heterocycles. The summed E-state index contributed by atoms with van der Waals surface area (Å²) in [6.45, 7) is 6.20. The topological polar surface area (TPSA) is 83.9 Å². The van der Waals surface area contributed by atoms with Gasteiger partial charge in [-0.05, 0) is 31.2 Å². The maximum atomic E-state index is 14.1. The minimum absolute atomic E-state index is 0.0737. The summed E-state index contributed by atoms with van der Waals surface area (Å²) in [5, 5.41) is 4.46. The van der Waals surface area contributed by atoms with Gasteiger partial charge in [-0.25, -0.2) is 8.78 Å². The fourth-order valence-corrected chi connectivity index (χ4v) is 5.60. The first-order valence-electron chi connectivity index (χ1n) is 12.7. The number of nitrogens with zero attached hydrogens (tertiary/aromatic N) is 3. The van der Waals surface area contributed by atoms with Gasteiger partial charge in [0.1, 0.15) is 22.9 Å². The van der Waals surface area contributed by atoms with Gasteiger partial charge in [-0.3, -0.25) is 24.1 Å². The number of ether oxygens (including phenoxy) is 1. The van der Waals surface area contributed by atoms with E-state index in [0.29, 0.717) is 12.3 Å². The summed E-state index contributed by atoms with van der Waals surface area (Å²) in [4.78, 5) is 42.1. The van der Waals surface area contributed by atoms with Gasteiger partial charge in [0.15, 0.2) is 11.4 Å². The van der Waals surface area contributed by atoms with Gasteiger partial charge < -0.3 is 15.0 Å². The normalized spacial score (nSPS) is 22.9. The number of fused-ring (bicyclic) bond motifs is 1. The SMILES string of the molecule is CCCCOc1c2n(cc(C(=O)NCc3ccc(F)cc3F)c1=O)N(C)[C@]1(CC[C@H](C)[C@@H]1C)N(C)C2=O. The number of benzene rings is 1. The second-order valence-electron chi connectivity index (χ2n) is 10.1. The van der Waals surface area contributed by atoms with E-state index < -0.39 is 28.6 Å². The molecule has 0 radical (unpaired) electrons. The Hall–Kier alpha value is -3.43. The predicted octanol–water partition coefficient (Wildman–Crippen LogP) is 3.65. The molecule has 1 spiro atoms. The highest BCUT2D eigenvalue weighted by Crippen LogP contribution is 2.47. The first-order valence-corrected chi connectivity index (χ1v) is 12.7. The summed E-state index contributed by atoms with van der Waals surface area (Å²) in [5.74, 6) is -2.29. The van der Waals surface area contributed by atoms with Gasteiger partial charge in [0.25, 0.3) is 11.8 Å². The number of hydrogen-bond acceptors (Lipinski definition) is 5. The molecule has 1 aromatic carbocycles. The quantitative estimate of drug-likeness (QED) is 0.568. The van der Waals surface area contributed by atoms with E-state index in [1.54, 1.807) is 16.6 Å². The van der Waals surface area contributed by atoms with Gasteiger partial charge in [-0.15, -0.1) is 0 Å². The number of carbonyl (C=O) groups is 2. The van der Waals surface area contributed by atoms with Crippen molar-refractivity contribution in [1.82, 2.24) is 14.9 Å². The molecular formula is C27H34F2N4O4. The molecule has 2 aromatic rings.